The molecule has 134 valence electrons. The van der Waals surface area contributed by atoms with Crippen LogP contribution < -0.4 is 10.6 Å². The number of hydrogen-bond donors (Lipinski definition) is 2. The van der Waals surface area contributed by atoms with Crippen molar-refractivity contribution in [3.8, 4) is 0 Å². The Bertz CT molecular complexity index is 652. The van der Waals surface area contributed by atoms with Gasteiger partial charge in [0, 0.05) is 19.5 Å². The minimum atomic E-state index is -0.613. The molecule has 1 aromatic carbocycles. The minimum Gasteiger partial charge on any atom is -0.354 e. The molecule has 4 amide bonds. The lowest BCUT2D eigenvalue weighted by Gasteiger charge is -2.15. The van der Waals surface area contributed by atoms with Crippen LogP contribution in [-0.4, -0.2) is 47.7 Å². The fourth-order valence-electron chi connectivity index (χ4n) is 2.62. The van der Waals surface area contributed by atoms with Gasteiger partial charge in [-0.25, -0.2) is 0 Å². The highest BCUT2D eigenvalue weighted by molar-refractivity contribution is 6.21. The summed E-state index contributed by atoms with van der Waals surface area (Å²) >= 11 is 0. The molecule has 1 aliphatic heterocycles. The zero-order valence-corrected chi connectivity index (χ0v) is 14.5. The number of imide groups is 1. The van der Waals surface area contributed by atoms with Gasteiger partial charge in [0.25, 0.3) is 11.8 Å². The van der Waals surface area contributed by atoms with E-state index in [-0.39, 0.29) is 36.6 Å². The zero-order chi connectivity index (χ0) is 18.4. The molecule has 0 aliphatic carbocycles. The van der Waals surface area contributed by atoms with Gasteiger partial charge in [0.05, 0.1) is 11.1 Å². The maximum absolute atomic E-state index is 12.2. The molecule has 2 rings (SSSR count). The molecule has 1 aliphatic rings. The first kappa shape index (κ1) is 18.6. The molecule has 25 heavy (non-hydrogen) atoms. The molecule has 0 saturated carbocycles. The number of benzene rings is 1. The number of amides is 4. The number of carbonyl (C=O) groups excluding carboxylic acids is 4. The summed E-state index contributed by atoms with van der Waals surface area (Å²) in [5, 5.41) is 5.32. The van der Waals surface area contributed by atoms with E-state index in [0.29, 0.717) is 24.1 Å². The van der Waals surface area contributed by atoms with Crippen LogP contribution in [0.25, 0.3) is 0 Å². The van der Waals surface area contributed by atoms with Crippen molar-refractivity contribution >= 4 is 23.6 Å². The van der Waals surface area contributed by atoms with Crippen molar-refractivity contribution in [2.45, 2.75) is 39.2 Å². The van der Waals surface area contributed by atoms with Crippen molar-refractivity contribution in [2.24, 2.45) is 0 Å². The van der Waals surface area contributed by atoms with Crippen LogP contribution in [0.15, 0.2) is 24.3 Å². The number of hydrogen-bond acceptors (Lipinski definition) is 4. The summed E-state index contributed by atoms with van der Waals surface area (Å²) in [6.45, 7) is 4.31. The van der Waals surface area contributed by atoms with Crippen LogP contribution in [0.5, 0.6) is 0 Å². The van der Waals surface area contributed by atoms with Gasteiger partial charge < -0.3 is 10.6 Å². The molecular formula is C18H23N3O4. The molecule has 0 fully saturated rings. The Balaban J connectivity index is 1.78. The standard InChI is InChI=1S/C18H23N3O4/c1-3-10-19-16(23)12(2)20-15(22)9-6-11-21-17(24)13-7-4-5-8-14(13)18(21)25/h4-5,7-8,12H,3,6,9-11H2,1-2H3,(H,19,23)(H,20,22). The van der Waals surface area contributed by atoms with Crippen molar-refractivity contribution in [1.82, 2.24) is 15.5 Å². The van der Waals surface area contributed by atoms with Crippen LogP contribution in [0, 0.1) is 0 Å². The van der Waals surface area contributed by atoms with E-state index in [4.69, 9.17) is 0 Å². The van der Waals surface area contributed by atoms with Gasteiger partial charge >= 0.3 is 0 Å². The van der Waals surface area contributed by atoms with E-state index in [1.807, 2.05) is 6.92 Å². The molecule has 1 aromatic rings. The van der Waals surface area contributed by atoms with E-state index < -0.39 is 6.04 Å². The van der Waals surface area contributed by atoms with Gasteiger partial charge in [0.15, 0.2) is 0 Å². The largest absolute Gasteiger partial charge is 0.354 e. The molecule has 0 bridgehead atoms. The van der Waals surface area contributed by atoms with Crippen molar-refractivity contribution < 1.29 is 19.2 Å². The van der Waals surface area contributed by atoms with Gasteiger partial charge in [-0.1, -0.05) is 19.1 Å². The molecule has 1 unspecified atom stereocenters. The lowest BCUT2D eigenvalue weighted by molar-refractivity contribution is -0.128. The third-order valence-electron chi connectivity index (χ3n) is 3.98. The minimum absolute atomic E-state index is 0.138. The Morgan fingerprint density at radius 1 is 1.12 bits per heavy atom. The Hall–Kier alpha value is -2.70. The van der Waals surface area contributed by atoms with Crippen molar-refractivity contribution in [3.63, 3.8) is 0 Å². The fraction of sp³-hybridized carbons (Fsp3) is 0.444. The number of nitrogens with one attached hydrogen (secondary N) is 2. The number of carbonyl (C=O) groups is 4. The first-order valence-corrected chi connectivity index (χ1v) is 8.48. The lowest BCUT2D eigenvalue weighted by Crippen LogP contribution is -2.45. The highest BCUT2D eigenvalue weighted by Gasteiger charge is 2.34. The van der Waals surface area contributed by atoms with E-state index in [2.05, 4.69) is 10.6 Å². The van der Waals surface area contributed by atoms with Gasteiger partial charge in [-0.3, -0.25) is 24.1 Å². The molecule has 7 nitrogen and oxygen atoms in total. The highest BCUT2D eigenvalue weighted by atomic mass is 16.2. The van der Waals surface area contributed by atoms with E-state index in [1.54, 1.807) is 31.2 Å². The van der Waals surface area contributed by atoms with Crippen molar-refractivity contribution in [1.29, 1.82) is 0 Å². The third-order valence-corrected chi connectivity index (χ3v) is 3.98. The number of nitrogens with zero attached hydrogens (tertiary/aromatic N) is 1. The zero-order valence-electron chi connectivity index (χ0n) is 14.5. The monoisotopic (exact) mass is 345 g/mol. The number of fused-ring (bicyclic) bond motifs is 1. The van der Waals surface area contributed by atoms with E-state index in [1.165, 1.54) is 0 Å². The van der Waals surface area contributed by atoms with Crippen LogP contribution in [0.1, 0.15) is 53.8 Å². The van der Waals surface area contributed by atoms with Crippen LogP contribution in [0.4, 0.5) is 0 Å². The Morgan fingerprint density at radius 3 is 2.28 bits per heavy atom. The van der Waals surface area contributed by atoms with E-state index in [9.17, 15) is 19.2 Å². The van der Waals surface area contributed by atoms with Gasteiger partial charge in [-0.05, 0) is 31.9 Å². The van der Waals surface area contributed by atoms with Crippen molar-refractivity contribution in [2.75, 3.05) is 13.1 Å². The summed E-state index contributed by atoms with van der Waals surface area (Å²) in [5.74, 6) is -1.16. The lowest BCUT2D eigenvalue weighted by atomic mass is 10.1. The van der Waals surface area contributed by atoms with Crippen LogP contribution in [0.2, 0.25) is 0 Å². The molecule has 0 radical (unpaired) electrons. The predicted molar refractivity (Wildman–Crippen MR) is 91.9 cm³/mol. The topological polar surface area (TPSA) is 95.6 Å². The highest BCUT2D eigenvalue weighted by Crippen LogP contribution is 2.22. The van der Waals surface area contributed by atoms with Gasteiger partial charge in [0.1, 0.15) is 6.04 Å². The van der Waals surface area contributed by atoms with Crippen LogP contribution in [0.3, 0.4) is 0 Å². The second-order valence-corrected chi connectivity index (χ2v) is 5.99. The summed E-state index contributed by atoms with van der Waals surface area (Å²) in [6.07, 6.45) is 1.31. The Kier molecular flexibility index (Phi) is 6.27. The van der Waals surface area contributed by atoms with Gasteiger partial charge in [0.2, 0.25) is 11.8 Å². The van der Waals surface area contributed by atoms with Gasteiger partial charge in [-0.15, -0.1) is 0 Å². The number of rotatable bonds is 8. The van der Waals surface area contributed by atoms with Crippen LogP contribution >= 0.6 is 0 Å². The molecular weight excluding hydrogens is 322 g/mol. The third kappa shape index (κ3) is 4.43. The second-order valence-electron chi connectivity index (χ2n) is 5.99. The average Bonchev–Trinajstić information content (AvgIpc) is 2.84. The fourth-order valence-corrected chi connectivity index (χ4v) is 2.62. The summed E-state index contributed by atoms with van der Waals surface area (Å²) in [6, 6.07) is 6.06. The predicted octanol–water partition coefficient (Wildman–Crippen LogP) is 1.09. The van der Waals surface area contributed by atoms with Gasteiger partial charge in [-0.2, -0.15) is 0 Å². The van der Waals surface area contributed by atoms with E-state index >= 15 is 0 Å². The summed E-state index contributed by atoms with van der Waals surface area (Å²) in [4.78, 5) is 49.2. The molecule has 0 aromatic heterocycles. The SMILES string of the molecule is CCCNC(=O)C(C)NC(=O)CCCN1C(=O)c2ccccc2C1=O. The van der Waals surface area contributed by atoms with Crippen molar-refractivity contribution in [3.05, 3.63) is 35.4 Å². The second kappa shape index (κ2) is 8.41. The molecule has 7 heteroatoms. The summed E-state index contributed by atoms with van der Waals surface area (Å²) < 4.78 is 0. The maximum atomic E-state index is 12.2. The normalized spacial score (nSPS) is 14.2. The molecule has 0 spiro atoms. The smallest absolute Gasteiger partial charge is 0.261 e. The summed E-state index contributed by atoms with van der Waals surface area (Å²) in [5.41, 5.74) is 0.802. The quantitative estimate of drug-likeness (QED) is 0.690. The maximum Gasteiger partial charge on any atom is 0.261 e. The van der Waals surface area contributed by atoms with Crippen LogP contribution in [-0.2, 0) is 9.59 Å². The molecule has 0 saturated heterocycles. The Morgan fingerprint density at radius 2 is 1.72 bits per heavy atom. The first-order chi connectivity index (χ1) is 12.0. The molecule has 1 atom stereocenters. The molecule has 2 N–H and O–H groups in total. The molecule has 1 heterocycles. The first-order valence-electron chi connectivity index (χ1n) is 8.48. The Labute approximate surface area is 146 Å². The van der Waals surface area contributed by atoms with E-state index in [0.717, 1.165) is 11.3 Å². The average molecular weight is 345 g/mol. The summed E-state index contributed by atoms with van der Waals surface area (Å²) in [7, 11) is 0.